The summed E-state index contributed by atoms with van der Waals surface area (Å²) in [6.45, 7) is 0. The van der Waals surface area contributed by atoms with E-state index in [-0.39, 0.29) is 0 Å². The lowest BCUT2D eigenvalue weighted by Crippen LogP contribution is -2.15. The van der Waals surface area contributed by atoms with Crippen molar-refractivity contribution in [2.45, 2.75) is 0 Å². The smallest absolute Gasteiger partial charge is 0.250 e. The van der Waals surface area contributed by atoms with Gasteiger partial charge in [-0.25, -0.2) is 0 Å². The SMILES string of the molecule is NC(=O)c1cc(Br)ccc1-n1cnnn1. The van der Waals surface area contributed by atoms with E-state index in [0.717, 1.165) is 4.47 Å². The number of aromatic nitrogens is 4. The highest BCUT2D eigenvalue weighted by Crippen LogP contribution is 2.18. The maximum absolute atomic E-state index is 11.2. The van der Waals surface area contributed by atoms with Crippen molar-refractivity contribution >= 4 is 21.8 Å². The molecule has 0 unspecified atom stereocenters. The molecule has 2 N–H and O–H groups in total. The number of rotatable bonds is 2. The van der Waals surface area contributed by atoms with E-state index in [4.69, 9.17) is 5.73 Å². The van der Waals surface area contributed by atoms with Gasteiger partial charge in [-0.1, -0.05) is 15.9 Å². The molecule has 0 aliphatic heterocycles. The second-order valence-electron chi connectivity index (χ2n) is 2.78. The molecular weight excluding hydrogens is 262 g/mol. The van der Waals surface area contributed by atoms with E-state index in [1.807, 2.05) is 0 Å². The molecule has 0 fully saturated rings. The molecule has 2 aromatic rings. The summed E-state index contributed by atoms with van der Waals surface area (Å²) >= 11 is 3.26. The minimum atomic E-state index is -0.526. The van der Waals surface area contributed by atoms with Crippen molar-refractivity contribution in [2.75, 3.05) is 0 Å². The summed E-state index contributed by atoms with van der Waals surface area (Å²) in [5.74, 6) is -0.526. The zero-order valence-corrected chi connectivity index (χ0v) is 9.05. The predicted molar refractivity (Wildman–Crippen MR) is 55.4 cm³/mol. The first kappa shape index (κ1) is 9.78. The third-order valence-electron chi connectivity index (χ3n) is 1.82. The Morgan fingerprint density at radius 1 is 1.47 bits per heavy atom. The van der Waals surface area contributed by atoms with Crippen LogP contribution in [0.2, 0.25) is 0 Å². The van der Waals surface area contributed by atoms with Gasteiger partial charge in [-0.15, -0.1) is 5.10 Å². The largest absolute Gasteiger partial charge is 0.366 e. The van der Waals surface area contributed by atoms with Gasteiger partial charge in [0.1, 0.15) is 6.33 Å². The summed E-state index contributed by atoms with van der Waals surface area (Å²) in [6, 6.07) is 5.11. The fourth-order valence-corrected chi connectivity index (χ4v) is 1.54. The zero-order valence-electron chi connectivity index (χ0n) is 7.46. The third kappa shape index (κ3) is 1.86. The Morgan fingerprint density at radius 3 is 2.87 bits per heavy atom. The maximum atomic E-state index is 11.2. The van der Waals surface area contributed by atoms with Crippen LogP contribution in [0.5, 0.6) is 0 Å². The Kier molecular flexibility index (Phi) is 2.46. The Morgan fingerprint density at radius 2 is 2.27 bits per heavy atom. The molecule has 76 valence electrons. The average Bonchev–Trinajstić information content (AvgIpc) is 2.70. The lowest BCUT2D eigenvalue weighted by molar-refractivity contribution is 0.1000. The number of primary amides is 1. The molecule has 0 atom stereocenters. The molecule has 1 heterocycles. The molecule has 15 heavy (non-hydrogen) atoms. The summed E-state index contributed by atoms with van der Waals surface area (Å²) in [5, 5.41) is 10.7. The van der Waals surface area contributed by atoms with Crippen molar-refractivity contribution in [2.24, 2.45) is 5.73 Å². The molecule has 0 bridgehead atoms. The third-order valence-corrected chi connectivity index (χ3v) is 2.31. The predicted octanol–water partition coefficient (Wildman–Crippen LogP) is 0.524. The Hall–Kier alpha value is -1.76. The number of benzene rings is 1. The first-order chi connectivity index (χ1) is 7.18. The summed E-state index contributed by atoms with van der Waals surface area (Å²) in [4.78, 5) is 11.2. The summed E-state index contributed by atoms with van der Waals surface area (Å²) < 4.78 is 2.15. The number of tetrazole rings is 1. The van der Waals surface area contributed by atoms with E-state index in [0.29, 0.717) is 11.3 Å². The van der Waals surface area contributed by atoms with Crippen LogP contribution in [0, 0.1) is 0 Å². The number of carbonyl (C=O) groups is 1. The number of halogens is 1. The van der Waals surface area contributed by atoms with Crippen LogP contribution in [0.4, 0.5) is 0 Å². The molecule has 0 aliphatic carbocycles. The van der Waals surface area contributed by atoms with Gasteiger partial charge in [0, 0.05) is 4.47 Å². The molecule has 1 amide bonds. The van der Waals surface area contributed by atoms with Gasteiger partial charge in [-0.05, 0) is 28.6 Å². The van der Waals surface area contributed by atoms with Crippen molar-refractivity contribution in [3.05, 3.63) is 34.6 Å². The molecule has 1 aromatic carbocycles. The molecule has 0 saturated carbocycles. The summed E-state index contributed by atoms with van der Waals surface area (Å²) in [7, 11) is 0. The Bertz CT molecular complexity index is 496. The van der Waals surface area contributed by atoms with E-state index < -0.39 is 5.91 Å². The fraction of sp³-hybridized carbons (Fsp3) is 0. The van der Waals surface area contributed by atoms with Gasteiger partial charge in [0.05, 0.1) is 11.3 Å². The number of hydrogen-bond acceptors (Lipinski definition) is 4. The second-order valence-corrected chi connectivity index (χ2v) is 3.70. The Balaban J connectivity index is 2.61. The normalized spacial score (nSPS) is 10.2. The van der Waals surface area contributed by atoms with Crippen molar-refractivity contribution in [3.63, 3.8) is 0 Å². The van der Waals surface area contributed by atoms with Gasteiger partial charge in [0.2, 0.25) is 0 Å². The van der Waals surface area contributed by atoms with E-state index in [1.54, 1.807) is 18.2 Å². The average molecular weight is 268 g/mol. The highest BCUT2D eigenvalue weighted by molar-refractivity contribution is 9.10. The van der Waals surface area contributed by atoms with Gasteiger partial charge in [0.15, 0.2) is 0 Å². The molecule has 2 rings (SSSR count). The van der Waals surface area contributed by atoms with E-state index in [9.17, 15) is 4.79 Å². The molecule has 7 heteroatoms. The first-order valence-electron chi connectivity index (χ1n) is 4.01. The quantitative estimate of drug-likeness (QED) is 0.860. The topological polar surface area (TPSA) is 86.7 Å². The minimum Gasteiger partial charge on any atom is -0.366 e. The molecule has 1 aromatic heterocycles. The van der Waals surface area contributed by atoms with Gasteiger partial charge in [-0.2, -0.15) is 4.68 Å². The fourth-order valence-electron chi connectivity index (χ4n) is 1.18. The molecule has 0 radical (unpaired) electrons. The van der Waals surface area contributed by atoms with E-state index in [1.165, 1.54) is 11.0 Å². The van der Waals surface area contributed by atoms with Crippen LogP contribution < -0.4 is 5.73 Å². The maximum Gasteiger partial charge on any atom is 0.250 e. The van der Waals surface area contributed by atoms with Crippen LogP contribution in [-0.4, -0.2) is 26.1 Å². The minimum absolute atomic E-state index is 0.358. The molecule has 0 aliphatic rings. The number of carbonyl (C=O) groups excluding carboxylic acids is 1. The van der Waals surface area contributed by atoms with Crippen LogP contribution in [0.25, 0.3) is 5.69 Å². The molecule has 6 nitrogen and oxygen atoms in total. The second kappa shape index (κ2) is 3.77. The van der Waals surface area contributed by atoms with Crippen molar-refractivity contribution in [1.29, 1.82) is 0 Å². The van der Waals surface area contributed by atoms with Gasteiger partial charge >= 0.3 is 0 Å². The van der Waals surface area contributed by atoms with Crippen LogP contribution in [0.15, 0.2) is 29.0 Å². The number of amides is 1. The van der Waals surface area contributed by atoms with E-state index >= 15 is 0 Å². The zero-order chi connectivity index (χ0) is 10.8. The first-order valence-corrected chi connectivity index (χ1v) is 4.80. The highest BCUT2D eigenvalue weighted by atomic mass is 79.9. The Labute approximate surface area is 93.2 Å². The summed E-state index contributed by atoms with van der Waals surface area (Å²) in [5.41, 5.74) is 6.16. The van der Waals surface area contributed by atoms with Crippen molar-refractivity contribution < 1.29 is 4.79 Å². The highest BCUT2D eigenvalue weighted by Gasteiger charge is 2.11. The lowest BCUT2D eigenvalue weighted by atomic mass is 10.2. The van der Waals surface area contributed by atoms with E-state index in [2.05, 4.69) is 31.5 Å². The molecule has 0 spiro atoms. The number of nitrogens with zero attached hydrogens (tertiary/aromatic N) is 4. The summed E-state index contributed by atoms with van der Waals surface area (Å²) in [6.07, 6.45) is 1.40. The van der Waals surface area contributed by atoms with Crippen LogP contribution in [0.1, 0.15) is 10.4 Å². The van der Waals surface area contributed by atoms with Crippen molar-refractivity contribution in [1.82, 2.24) is 20.2 Å². The monoisotopic (exact) mass is 267 g/mol. The van der Waals surface area contributed by atoms with Crippen LogP contribution in [-0.2, 0) is 0 Å². The van der Waals surface area contributed by atoms with Gasteiger partial charge in [-0.3, -0.25) is 4.79 Å². The van der Waals surface area contributed by atoms with Crippen LogP contribution in [0.3, 0.4) is 0 Å². The molecular formula is C8H6BrN5O. The van der Waals surface area contributed by atoms with Gasteiger partial charge in [0.25, 0.3) is 5.91 Å². The van der Waals surface area contributed by atoms with Crippen molar-refractivity contribution in [3.8, 4) is 5.69 Å². The number of hydrogen-bond donors (Lipinski definition) is 1. The molecule has 0 saturated heterocycles. The number of nitrogens with two attached hydrogens (primary N) is 1. The lowest BCUT2D eigenvalue weighted by Gasteiger charge is -2.05. The van der Waals surface area contributed by atoms with Crippen LogP contribution >= 0.6 is 15.9 Å². The standard InChI is InChI=1S/C8H6BrN5O/c9-5-1-2-7(6(3-5)8(10)15)14-4-11-12-13-14/h1-4H,(H2,10,15). The van der Waals surface area contributed by atoms with Gasteiger partial charge < -0.3 is 5.73 Å².